The second kappa shape index (κ2) is 9.21. The molecule has 0 saturated heterocycles. The van der Waals surface area contributed by atoms with Gasteiger partial charge in [-0.15, -0.1) is 10.2 Å². The fraction of sp³-hybridized carbons (Fsp3) is 0.250. The quantitative estimate of drug-likeness (QED) is 0.570. The number of nitrogens with one attached hydrogen (secondary N) is 1. The molecule has 1 aromatic heterocycles. The third kappa shape index (κ3) is 4.72. The van der Waals surface area contributed by atoms with E-state index in [-0.39, 0.29) is 11.7 Å². The molecule has 0 aliphatic heterocycles. The van der Waals surface area contributed by atoms with Crippen molar-refractivity contribution in [2.75, 3.05) is 12.3 Å². The second-order valence-corrected chi connectivity index (χ2v) is 7.91. The standard InChI is InChI=1S/C20H20ClFN4OS/c1-13(2)11-23-18(27)12-28-20-25-24-19(14-7-3-4-8-15(14)21)26(20)17-10-6-5-9-16(17)22/h3-10,13H,11-12H2,1-2H3,(H,23,27). The van der Waals surface area contributed by atoms with Gasteiger partial charge in [-0.1, -0.05) is 61.5 Å². The number of carbonyl (C=O) groups is 1. The summed E-state index contributed by atoms with van der Waals surface area (Å²) in [7, 11) is 0. The highest BCUT2D eigenvalue weighted by Gasteiger charge is 2.20. The van der Waals surface area contributed by atoms with Crippen molar-refractivity contribution < 1.29 is 9.18 Å². The van der Waals surface area contributed by atoms with Gasteiger partial charge in [0.15, 0.2) is 11.0 Å². The van der Waals surface area contributed by atoms with Crippen LogP contribution in [0.5, 0.6) is 0 Å². The minimum absolute atomic E-state index is 0.110. The molecule has 0 unspecified atom stereocenters. The molecule has 2 aromatic carbocycles. The van der Waals surface area contributed by atoms with E-state index in [1.54, 1.807) is 34.9 Å². The summed E-state index contributed by atoms with van der Waals surface area (Å²) in [5.74, 6) is 0.411. The van der Waals surface area contributed by atoms with Crippen molar-refractivity contribution in [3.8, 4) is 17.1 Å². The van der Waals surface area contributed by atoms with E-state index in [0.29, 0.717) is 39.7 Å². The predicted molar refractivity (Wildman–Crippen MR) is 110 cm³/mol. The van der Waals surface area contributed by atoms with Crippen LogP contribution in [0.25, 0.3) is 17.1 Å². The lowest BCUT2D eigenvalue weighted by Crippen LogP contribution is -2.28. The smallest absolute Gasteiger partial charge is 0.230 e. The summed E-state index contributed by atoms with van der Waals surface area (Å²) >= 11 is 7.52. The molecule has 5 nitrogen and oxygen atoms in total. The molecular formula is C20H20ClFN4OS. The average molecular weight is 419 g/mol. The van der Waals surface area contributed by atoms with Crippen LogP contribution in [0.3, 0.4) is 0 Å². The van der Waals surface area contributed by atoms with Crippen molar-refractivity contribution in [2.45, 2.75) is 19.0 Å². The third-order valence-electron chi connectivity index (χ3n) is 3.88. The summed E-state index contributed by atoms with van der Waals surface area (Å²) < 4.78 is 16.1. The Bertz CT molecular complexity index is 976. The number of carbonyl (C=O) groups excluding carboxylic acids is 1. The van der Waals surface area contributed by atoms with Gasteiger partial charge in [0, 0.05) is 12.1 Å². The Labute approximate surface area is 172 Å². The van der Waals surface area contributed by atoms with Gasteiger partial charge in [-0.2, -0.15) is 0 Å². The van der Waals surface area contributed by atoms with Crippen LogP contribution < -0.4 is 5.32 Å². The van der Waals surface area contributed by atoms with E-state index >= 15 is 0 Å². The predicted octanol–water partition coefficient (Wildman–Crippen LogP) is 4.59. The first-order valence-corrected chi connectivity index (χ1v) is 10.2. The Morgan fingerprint density at radius 1 is 1.18 bits per heavy atom. The highest BCUT2D eigenvalue weighted by molar-refractivity contribution is 7.99. The van der Waals surface area contributed by atoms with Crippen LogP contribution in [0.2, 0.25) is 5.02 Å². The van der Waals surface area contributed by atoms with Gasteiger partial charge in [0.1, 0.15) is 5.82 Å². The number of halogens is 2. The van der Waals surface area contributed by atoms with Gasteiger partial charge in [-0.05, 0) is 30.2 Å². The van der Waals surface area contributed by atoms with Gasteiger partial charge >= 0.3 is 0 Å². The first-order chi connectivity index (χ1) is 13.5. The van der Waals surface area contributed by atoms with Crippen LogP contribution in [0.4, 0.5) is 4.39 Å². The van der Waals surface area contributed by atoms with Crippen LogP contribution >= 0.6 is 23.4 Å². The highest BCUT2D eigenvalue weighted by Crippen LogP contribution is 2.32. The molecule has 0 saturated carbocycles. The minimum atomic E-state index is -0.415. The summed E-state index contributed by atoms with van der Waals surface area (Å²) in [6, 6.07) is 13.5. The normalized spacial score (nSPS) is 11.0. The summed E-state index contributed by atoms with van der Waals surface area (Å²) in [4.78, 5) is 12.1. The SMILES string of the molecule is CC(C)CNC(=O)CSc1nnc(-c2ccccc2Cl)n1-c1ccccc1F. The first kappa shape index (κ1) is 20.4. The molecule has 0 aliphatic carbocycles. The number of hydrogen-bond acceptors (Lipinski definition) is 4. The van der Waals surface area contributed by atoms with Gasteiger partial charge in [0.05, 0.1) is 16.5 Å². The van der Waals surface area contributed by atoms with Crippen LogP contribution in [0, 0.1) is 11.7 Å². The molecule has 0 atom stereocenters. The molecule has 0 bridgehead atoms. The number of thioether (sulfide) groups is 1. The van der Waals surface area contributed by atoms with E-state index in [0.717, 1.165) is 0 Å². The molecule has 0 aliphatic rings. The van der Waals surface area contributed by atoms with Gasteiger partial charge < -0.3 is 5.32 Å². The zero-order valence-electron chi connectivity index (χ0n) is 15.5. The fourth-order valence-corrected chi connectivity index (χ4v) is 3.52. The van der Waals surface area contributed by atoms with E-state index in [2.05, 4.69) is 15.5 Å². The molecular weight excluding hydrogens is 399 g/mol. The fourth-order valence-electron chi connectivity index (χ4n) is 2.53. The average Bonchev–Trinajstić information content (AvgIpc) is 3.09. The van der Waals surface area contributed by atoms with Crippen molar-refractivity contribution in [1.29, 1.82) is 0 Å². The third-order valence-corrected chi connectivity index (χ3v) is 5.14. The summed E-state index contributed by atoms with van der Waals surface area (Å²) in [6.45, 7) is 4.65. The molecule has 0 radical (unpaired) electrons. The molecule has 8 heteroatoms. The van der Waals surface area contributed by atoms with Gasteiger partial charge in [-0.3, -0.25) is 9.36 Å². The summed E-state index contributed by atoms with van der Waals surface area (Å²) in [5.41, 5.74) is 0.934. The molecule has 3 rings (SSSR count). The van der Waals surface area contributed by atoms with Crippen LogP contribution in [0.1, 0.15) is 13.8 Å². The number of amides is 1. The molecule has 3 aromatic rings. The van der Waals surface area contributed by atoms with Crippen LogP contribution in [0.15, 0.2) is 53.7 Å². The highest BCUT2D eigenvalue weighted by atomic mass is 35.5. The number of hydrogen-bond donors (Lipinski definition) is 1. The Morgan fingerprint density at radius 3 is 2.61 bits per heavy atom. The van der Waals surface area contributed by atoms with Gasteiger partial charge in [0.25, 0.3) is 0 Å². The molecule has 0 fully saturated rings. The van der Waals surface area contributed by atoms with Crippen molar-refractivity contribution in [3.05, 3.63) is 59.4 Å². The van der Waals surface area contributed by atoms with E-state index in [1.807, 2.05) is 26.0 Å². The summed E-state index contributed by atoms with van der Waals surface area (Å²) in [5, 5.41) is 12.2. The zero-order valence-corrected chi connectivity index (χ0v) is 17.1. The largest absolute Gasteiger partial charge is 0.355 e. The van der Waals surface area contributed by atoms with Crippen molar-refractivity contribution in [1.82, 2.24) is 20.1 Å². The van der Waals surface area contributed by atoms with Crippen molar-refractivity contribution >= 4 is 29.3 Å². The maximum absolute atomic E-state index is 14.5. The lowest BCUT2D eigenvalue weighted by Gasteiger charge is -2.12. The van der Waals surface area contributed by atoms with Crippen molar-refractivity contribution in [3.63, 3.8) is 0 Å². The Morgan fingerprint density at radius 2 is 1.89 bits per heavy atom. The molecule has 1 N–H and O–H groups in total. The monoisotopic (exact) mass is 418 g/mol. The molecule has 0 spiro atoms. The van der Waals surface area contributed by atoms with Gasteiger partial charge in [-0.25, -0.2) is 4.39 Å². The van der Waals surface area contributed by atoms with E-state index in [4.69, 9.17) is 11.6 Å². The number of aromatic nitrogens is 3. The maximum atomic E-state index is 14.5. The second-order valence-electron chi connectivity index (χ2n) is 6.56. The Balaban J connectivity index is 1.96. The molecule has 1 heterocycles. The Hall–Kier alpha value is -2.38. The van der Waals surface area contributed by atoms with Crippen LogP contribution in [-0.2, 0) is 4.79 Å². The molecule has 146 valence electrons. The number of nitrogens with zero attached hydrogens (tertiary/aromatic N) is 3. The van der Waals surface area contributed by atoms with E-state index in [9.17, 15) is 9.18 Å². The van der Waals surface area contributed by atoms with Crippen LogP contribution in [-0.4, -0.2) is 33.0 Å². The minimum Gasteiger partial charge on any atom is -0.355 e. The first-order valence-electron chi connectivity index (χ1n) is 8.82. The lowest BCUT2D eigenvalue weighted by atomic mass is 10.2. The topological polar surface area (TPSA) is 59.8 Å². The van der Waals surface area contributed by atoms with E-state index < -0.39 is 5.82 Å². The molecule has 1 amide bonds. The number of rotatable bonds is 7. The summed E-state index contributed by atoms with van der Waals surface area (Å²) in [6.07, 6.45) is 0. The lowest BCUT2D eigenvalue weighted by molar-refractivity contribution is -0.118. The van der Waals surface area contributed by atoms with E-state index in [1.165, 1.54) is 17.8 Å². The number of para-hydroxylation sites is 1. The van der Waals surface area contributed by atoms with Gasteiger partial charge in [0.2, 0.25) is 5.91 Å². The Kier molecular flexibility index (Phi) is 6.70. The number of benzene rings is 2. The maximum Gasteiger partial charge on any atom is 0.230 e. The van der Waals surface area contributed by atoms with Crippen molar-refractivity contribution in [2.24, 2.45) is 5.92 Å². The molecule has 28 heavy (non-hydrogen) atoms. The zero-order chi connectivity index (χ0) is 20.1.